The molecule has 7 heteroatoms. The molecule has 0 bridgehead atoms. The van der Waals surface area contributed by atoms with E-state index in [0.29, 0.717) is 12.6 Å². The molecule has 100 valence electrons. The summed E-state index contributed by atoms with van der Waals surface area (Å²) in [5.74, 6) is 0.573. The van der Waals surface area contributed by atoms with Gasteiger partial charge >= 0.3 is 5.97 Å². The van der Waals surface area contributed by atoms with Crippen molar-refractivity contribution in [1.82, 2.24) is 25.1 Å². The van der Waals surface area contributed by atoms with Crippen LogP contribution in [0.1, 0.15) is 38.6 Å². The Morgan fingerprint density at radius 2 is 2.28 bits per heavy atom. The molecule has 18 heavy (non-hydrogen) atoms. The van der Waals surface area contributed by atoms with Gasteiger partial charge < -0.3 is 4.74 Å². The van der Waals surface area contributed by atoms with Gasteiger partial charge in [0.25, 0.3) is 0 Å². The Labute approximate surface area is 106 Å². The summed E-state index contributed by atoms with van der Waals surface area (Å²) in [4.78, 5) is 13.4. The summed E-state index contributed by atoms with van der Waals surface area (Å²) in [6, 6.07) is 0.676. The largest absolute Gasteiger partial charge is 0.468 e. The second-order valence-corrected chi connectivity index (χ2v) is 4.85. The maximum Gasteiger partial charge on any atom is 0.319 e. The molecule has 0 aromatic carbocycles. The number of nitrogens with zero attached hydrogens (tertiary/aromatic N) is 5. The fraction of sp³-hybridized carbons (Fsp3) is 0.818. The van der Waals surface area contributed by atoms with E-state index in [1.54, 1.807) is 0 Å². The lowest BCUT2D eigenvalue weighted by atomic mass is 10.3. The molecule has 1 heterocycles. The van der Waals surface area contributed by atoms with Gasteiger partial charge in [0.2, 0.25) is 0 Å². The molecular formula is C11H19N5O2. The van der Waals surface area contributed by atoms with Gasteiger partial charge in [-0.3, -0.25) is 9.69 Å². The van der Waals surface area contributed by atoms with Gasteiger partial charge in [0, 0.05) is 6.04 Å². The number of aromatic nitrogens is 4. The van der Waals surface area contributed by atoms with E-state index in [1.807, 2.05) is 23.4 Å². The molecule has 1 saturated carbocycles. The molecule has 0 unspecified atom stereocenters. The number of hydrogen-bond acceptors (Lipinski definition) is 6. The number of ether oxygens (including phenoxy) is 1. The van der Waals surface area contributed by atoms with Crippen molar-refractivity contribution in [3.8, 4) is 0 Å². The highest BCUT2D eigenvalue weighted by Crippen LogP contribution is 2.34. The van der Waals surface area contributed by atoms with Crippen molar-refractivity contribution in [1.29, 1.82) is 0 Å². The van der Waals surface area contributed by atoms with Gasteiger partial charge in [-0.1, -0.05) is 0 Å². The van der Waals surface area contributed by atoms with E-state index in [9.17, 15) is 4.79 Å². The van der Waals surface area contributed by atoms with Crippen LogP contribution in [0, 0.1) is 0 Å². The third-order valence-corrected chi connectivity index (χ3v) is 3.09. The van der Waals surface area contributed by atoms with Gasteiger partial charge in [-0.05, 0) is 37.1 Å². The molecule has 1 aromatic heterocycles. The Bertz CT molecular complexity index is 413. The molecule has 1 aliphatic carbocycles. The fourth-order valence-electron chi connectivity index (χ4n) is 1.75. The molecule has 1 fully saturated rings. The maximum absolute atomic E-state index is 11.4. The molecule has 0 saturated heterocycles. The Kier molecular flexibility index (Phi) is 3.90. The third-order valence-electron chi connectivity index (χ3n) is 3.09. The lowest BCUT2D eigenvalue weighted by molar-refractivity contribution is -0.142. The molecule has 0 N–H and O–H groups in total. The number of esters is 1. The minimum atomic E-state index is -0.242. The van der Waals surface area contributed by atoms with Crippen molar-refractivity contribution >= 4 is 5.97 Å². The lowest BCUT2D eigenvalue weighted by Crippen LogP contribution is -2.36. The van der Waals surface area contributed by atoms with E-state index in [4.69, 9.17) is 4.74 Å². The van der Waals surface area contributed by atoms with Crippen molar-refractivity contribution in [3.05, 3.63) is 5.82 Å². The average Bonchev–Trinajstić information content (AvgIpc) is 3.08. The van der Waals surface area contributed by atoms with Gasteiger partial charge in [0.1, 0.15) is 0 Å². The van der Waals surface area contributed by atoms with Crippen LogP contribution >= 0.6 is 0 Å². The van der Waals surface area contributed by atoms with E-state index in [2.05, 4.69) is 15.5 Å². The maximum atomic E-state index is 11.4. The molecule has 7 nitrogen and oxygen atoms in total. The predicted molar refractivity (Wildman–Crippen MR) is 63.7 cm³/mol. The van der Waals surface area contributed by atoms with Gasteiger partial charge in [-0.15, -0.1) is 5.10 Å². The molecule has 1 aliphatic rings. The Balaban J connectivity index is 2.03. The Morgan fingerprint density at radius 3 is 2.83 bits per heavy atom. The van der Waals surface area contributed by atoms with Gasteiger partial charge in [-0.2, -0.15) is 0 Å². The van der Waals surface area contributed by atoms with Crippen LogP contribution in [0.5, 0.6) is 0 Å². The minimum Gasteiger partial charge on any atom is -0.468 e. The summed E-state index contributed by atoms with van der Waals surface area (Å²) in [5, 5.41) is 11.8. The first kappa shape index (κ1) is 12.9. The van der Waals surface area contributed by atoms with Crippen molar-refractivity contribution in [3.63, 3.8) is 0 Å². The number of tetrazole rings is 1. The SMILES string of the molecule is COC(=O)CN(Cc1nnnn1C1CC1)C(C)C. The zero-order chi connectivity index (χ0) is 13.1. The second kappa shape index (κ2) is 5.43. The normalized spacial score (nSPS) is 15.4. The van der Waals surface area contributed by atoms with E-state index in [1.165, 1.54) is 7.11 Å². The van der Waals surface area contributed by atoms with Crippen LogP contribution in [0.4, 0.5) is 0 Å². The molecule has 0 amide bonds. The van der Waals surface area contributed by atoms with Gasteiger partial charge in [-0.25, -0.2) is 4.68 Å². The van der Waals surface area contributed by atoms with E-state index >= 15 is 0 Å². The zero-order valence-electron chi connectivity index (χ0n) is 11.0. The highest BCUT2D eigenvalue weighted by Gasteiger charge is 2.28. The summed E-state index contributed by atoms with van der Waals surface area (Å²) < 4.78 is 6.57. The van der Waals surface area contributed by atoms with E-state index in [0.717, 1.165) is 18.7 Å². The van der Waals surface area contributed by atoms with Gasteiger partial charge in [0.15, 0.2) is 5.82 Å². The standard InChI is InChI=1S/C11H19N5O2/c1-8(2)15(7-11(17)18-3)6-10-12-13-14-16(10)9-4-5-9/h8-9H,4-7H2,1-3H3. The summed E-state index contributed by atoms with van der Waals surface area (Å²) in [7, 11) is 1.40. The number of methoxy groups -OCH3 is 1. The molecule has 0 radical (unpaired) electrons. The monoisotopic (exact) mass is 253 g/mol. The quantitative estimate of drug-likeness (QED) is 0.683. The van der Waals surface area contributed by atoms with Crippen LogP contribution in [0.25, 0.3) is 0 Å². The Hall–Kier alpha value is -1.50. The number of carbonyl (C=O) groups is 1. The molecular weight excluding hydrogens is 234 g/mol. The van der Waals surface area contributed by atoms with Crippen molar-refractivity contribution < 1.29 is 9.53 Å². The Morgan fingerprint density at radius 1 is 1.56 bits per heavy atom. The van der Waals surface area contributed by atoms with Crippen LogP contribution in [-0.2, 0) is 16.1 Å². The van der Waals surface area contributed by atoms with Crippen molar-refractivity contribution in [2.75, 3.05) is 13.7 Å². The molecule has 0 atom stereocenters. The van der Waals surface area contributed by atoms with Crippen LogP contribution < -0.4 is 0 Å². The number of hydrogen-bond donors (Lipinski definition) is 0. The molecule has 2 rings (SSSR count). The fourth-order valence-corrected chi connectivity index (χ4v) is 1.75. The summed E-state index contributed by atoms with van der Waals surface area (Å²) in [6.07, 6.45) is 2.27. The summed E-state index contributed by atoms with van der Waals surface area (Å²) in [5.41, 5.74) is 0. The third kappa shape index (κ3) is 3.04. The van der Waals surface area contributed by atoms with Crippen molar-refractivity contribution in [2.24, 2.45) is 0 Å². The average molecular weight is 253 g/mol. The highest BCUT2D eigenvalue weighted by molar-refractivity contribution is 5.71. The first-order valence-electron chi connectivity index (χ1n) is 6.19. The van der Waals surface area contributed by atoms with Crippen LogP contribution in [0.3, 0.4) is 0 Å². The first-order chi connectivity index (χ1) is 8.61. The highest BCUT2D eigenvalue weighted by atomic mass is 16.5. The second-order valence-electron chi connectivity index (χ2n) is 4.85. The predicted octanol–water partition coefficient (Wildman–Crippen LogP) is 0.391. The minimum absolute atomic E-state index is 0.230. The van der Waals surface area contributed by atoms with Crippen LogP contribution in [-0.4, -0.2) is 50.8 Å². The van der Waals surface area contributed by atoms with Crippen LogP contribution in [0.2, 0.25) is 0 Å². The van der Waals surface area contributed by atoms with Crippen molar-refractivity contribution in [2.45, 2.75) is 45.3 Å². The van der Waals surface area contributed by atoms with Crippen LogP contribution in [0.15, 0.2) is 0 Å². The number of carbonyl (C=O) groups excluding carboxylic acids is 1. The zero-order valence-corrected chi connectivity index (χ0v) is 11.0. The van der Waals surface area contributed by atoms with E-state index in [-0.39, 0.29) is 18.6 Å². The molecule has 0 aliphatic heterocycles. The molecule has 0 spiro atoms. The summed E-state index contributed by atoms with van der Waals surface area (Å²) >= 11 is 0. The number of rotatable bonds is 6. The smallest absolute Gasteiger partial charge is 0.319 e. The first-order valence-corrected chi connectivity index (χ1v) is 6.19. The molecule has 1 aromatic rings. The topological polar surface area (TPSA) is 73.1 Å². The van der Waals surface area contributed by atoms with E-state index < -0.39 is 0 Å². The summed E-state index contributed by atoms with van der Waals surface area (Å²) in [6.45, 7) is 4.89. The lowest BCUT2D eigenvalue weighted by Gasteiger charge is -2.24. The van der Waals surface area contributed by atoms with Gasteiger partial charge in [0.05, 0.1) is 26.2 Å².